The fraction of sp³-hybridized carbons (Fsp3) is 1.00. The maximum atomic E-state index is 13.0. The van der Waals surface area contributed by atoms with Crippen LogP contribution in [-0.2, 0) is 11.1 Å². The molecule has 0 aromatic heterocycles. The Bertz CT molecular complexity index is 184. The second kappa shape index (κ2) is 3.79. The minimum Gasteiger partial charge on any atom is -0.306 e. The van der Waals surface area contributed by atoms with Gasteiger partial charge in [-0.1, -0.05) is 6.42 Å². The highest BCUT2D eigenvalue weighted by molar-refractivity contribution is 7.79. The van der Waals surface area contributed by atoms with E-state index in [1.54, 1.807) is 0 Å². The zero-order valence-corrected chi connectivity index (χ0v) is 7.45. The molecule has 72 valence electrons. The monoisotopic (exact) mass is 198 g/mol. The Labute approximate surface area is 72.6 Å². The number of hydrogen-bond donors (Lipinski definition) is 1. The van der Waals surface area contributed by atoms with Crippen LogP contribution in [0.3, 0.4) is 0 Å². The highest BCUT2D eigenvalue weighted by atomic mass is 32.2. The van der Waals surface area contributed by atoms with E-state index in [0.29, 0.717) is 12.8 Å². The van der Waals surface area contributed by atoms with Gasteiger partial charge in [-0.3, -0.25) is 0 Å². The molecule has 0 radical (unpaired) electrons. The fourth-order valence-corrected chi connectivity index (χ4v) is 2.30. The Morgan fingerprint density at radius 3 is 2.67 bits per heavy atom. The summed E-state index contributed by atoms with van der Waals surface area (Å²) in [7, 11) is 0. The molecule has 2 unspecified atom stereocenters. The number of rotatable bonds is 2. The Balaban J connectivity index is 2.54. The molecule has 0 aromatic rings. The lowest BCUT2D eigenvalue weighted by Gasteiger charge is -2.30. The predicted octanol–water partition coefficient (Wildman–Crippen LogP) is 2.03. The molecule has 1 aliphatic rings. The summed E-state index contributed by atoms with van der Waals surface area (Å²) in [5, 5.41) is 0. The van der Waals surface area contributed by atoms with Crippen LogP contribution in [0.25, 0.3) is 0 Å². The van der Waals surface area contributed by atoms with Gasteiger partial charge >= 0.3 is 0 Å². The van der Waals surface area contributed by atoms with Gasteiger partial charge in [0.05, 0.1) is 5.75 Å². The van der Waals surface area contributed by atoms with Gasteiger partial charge in [0, 0.05) is 12.3 Å². The zero-order valence-electron chi connectivity index (χ0n) is 6.63. The molecule has 1 fully saturated rings. The van der Waals surface area contributed by atoms with Gasteiger partial charge in [-0.15, -0.1) is 0 Å². The van der Waals surface area contributed by atoms with Gasteiger partial charge in [0.15, 0.2) is 11.1 Å². The molecule has 2 atom stereocenters. The van der Waals surface area contributed by atoms with Crippen molar-refractivity contribution in [1.29, 1.82) is 0 Å². The van der Waals surface area contributed by atoms with E-state index >= 15 is 0 Å². The first-order valence-corrected chi connectivity index (χ1v) is 5.25. The number of hydrogen-bond acceptors (Lipinski definition) is 1. The van der Waals surface area contributed by atoms with Crippen LogP contribution in [0.15, 0.2) is 0 Å². The first-order chi connectivity index (χ1) is 5.52. The number of alkyl halides is 2. The summed E-state index contributed by atoms with van der Waals surface area (Å²) in [6.45, 7) is 0. The van der Waals surface area contributed by atoms with Crippen molar-refractivity contribution in [2.45, 2.75) is 31.6 Å². The Morgan fingerprint density at radius 1 is 1.50 bits per heavy atom. The van der Waals surface area contributed by atoms with Crippen LogP contribution in [0.5, 0.6) is 0 Å². The van der Waals surface area contributed by atoms with E-state index in [2.05, 4.69) is 0 Å². The summed E-state index contributed by atoms with van der Waals surface area (Å²) >= 11 is -2.09. The second-order valence-electron chi connectivity index (χ2n) is 3.19. The Kier molecular flexibility index (Phi) is 3.17. The van der Waals surface area contributed by atoms with Crippen LogP contribution in [0, 0.1) is 5.92 Å². The van der Waals surface area contributed by atoms with Crippen molar-refractivity contribution in [3.8, 4) is 0 Å². The van der Waals surface area contributed by atoms with Gasteiger partial charge in [-0.25, -0.2) is 13.0 Å². The highest BCUT2D eigenvalue weighted by Crippen LogP contribution is 2.38. The SMILES string of the molecule is O=S(O)CC1CCCCC1(F)F. The molecule has 12 heavy (non-hydrogen) atoms. The highest BCUT2D eigenvalue weighted by Gasteiger charge is 2.41. The summed E-state index contributed by atoms with van der Waals surface area (Å²) in [6, 6.07) is 0. The number of halogens is 2. The molecule has 0 aromatic carbocycles. The third kappa shape index (κ3) is 2.48. The minimum absolute atomic E-state index is 0.130. The van der Waals surface area contributed by atoms with Crippen molar-refractivity contribution < 1.29 is 17.5 Å². The first-order valence-electron chi connectivity index (χ1n) is 3.97. The largest absolute Gasteiger partial charge is 0.306 e. The standard InChI is InChI=1S/C7H12F2O2S/c8-7(9)4-2-1-3-6(7)5-12(10)11/h6H,1-5H2,(H,10,11). The van der Waals surface area contributed by atoms with Crippen LogP contribution in [0.2, 0.25) is 0 Å². The summed E-state index contributed by atoms with van der Waals surface area (Å²) in [4.78, 5) is 0. The summed E-state index contributed by atoms with van der Waals surface area (Å²) in [5.41, 5.74) is 0. The summed E-state index contributed by atoms with van der Waals surface area (Å²) in [6.07, 6.45) is 1.52. The summed E-state index contributed by atoms with van der Waals surface area (Å²) < 4.78 is 44.8. The lowest BCUT2D eigenvalue weighted by molar-refractivity contribution is -0.0770. The van der Waals surface area contributed by atoms with E-state index in [1.807, 2.05) is 0 Å². The third-order valence-electron chi connectivity index (χ3n) is 2.25. The molecule has 1 N–H and O–H groups in total. The first kappa shape index (κ1) is 10.1. The molecule has 1 aliphatic carbocycles. The van der Waals surface area contributed by atoms with Crippen LogP contribution < -0.4 is 0 Å². The van der Waals surface area contributed by atoms with Crippen molar-refractivity contribution in [3.63, 3.8) is 0 Å². The molecule has 1 saturated carbocycles. The van der Waals surface area contributed by atoms with E-state index in [0.717, 1.165) is 6.42 Å². The van der Waals surface area contributed by atoms with E-state index in [9.17, 15) is 13.0 Å². The van der Waals surface area contributed by atoms with Gasteiger partial charge in [0.1, 0.15) is 0 Å². The Hall–Kier alpha value is -0.0300. The van der Waals surface area contributed by atoms with E-state index in [1.165, 1.54) is 0 Å². The van der Waals surface area contributed by atoms with Crippen molar-refractivity contribution in [1.82, 2.24) is 0 Å². The lowest BCUT2D eigenvalue weighted by Crippen LogP contribution is -2.35. The topological polar surface area (TPSA) is 37.3 Å². The third-order valence-corrected chi connectivity index (χ3v) is 2.94. The molecule has 0 bridgehead atoms. The maximum Gasteiger partial charge on any atom is 0.251 e. The van der Waals surface area contributed by atoms with Crippen molar-refractivity contribution in [2.75, 3.05) is 5.75 Å². The van der Waals surface area contributed by atoms with Gasteiger partial charge in [0.25, 0.3) is 5.92 Å². The molecule has 0 spiro atoms. The minimum atomic E-state index is -2.73. The normalized spacial score (nSPS) is 31.4. The molecule has 0 saturated heterocycles. The van der Waals surface area contributed by atoms with Crippen LogP contribution >= 0.6 is 0 Å². The molecule has 2 nitrogen and oxygen atoms in total. The van der Waals surface area contributed by atoms with Crippen LogP contribution in [-0.4, -0.2) is 20.4 Å². The van der Waals surface area contributed by atoms with Crippen molar-refractivity contribution in [2.24, 2.45) is 5.92 Å². The van der Waals surface area contributed by atoms with Gasteiger partial charge in [-0.2, -0.15) is 0 Å². The van der Waals surface area contributed by atoms with Gasteiger partial charge < -0.3 is 4.55 Å². The van der Waals surface area contributed by atoms with E-state index in [4.69, 9.17) is 4.55 Å². The molecule has 0 heterocycles. The molecular weight excluding hydrogens is 186 g/mol. The smallest absolute Gasteiger partial charge is 0.251 e. The van der Waals surface area contributed by atoms with Crippen LogP contribution in [0.4, 0.5) is 8.78 Å². The second-order valence-corrected chi connectivity index (χ2v) is 4.17. The van der Waals surface area contributed by atoms with Gasteiger partial charge in [0.2, 0.25) is 0 Å². The van der Waals surface area contributed by atoms with Crippen molar-refractivity contribution >= 4 is 11.1 Å². The van der Waals surface area contributed by atoms with Crippen molar-refractivity contribution in [3.05, 3.63) is 0 Å². The molecule has 1 rings (SSSR count). The molecule has 0 amide bonds. The molecule has 0 aliphatic heterocycles. The maximum absolute atomic E-state index is 13.0. The van der Waals surface area contributed by atoms with Crippen LogP contribution in [0.1, 0.15) is 25.7 Å². The van der Waals surface area contributed by atoms with E-state index in [-0.39, 0.29) is 12.2 Å². The quantitative estimate of drug-likeness (QED) is 0.689. The zero-order chi connectivity index (χ0) is 9.19. The predicted molar refractivity (Wildman–Crippen MR) is 42.5 cm³/mol. The average molecular weight is 198 g/mol. The molecule has 5 heteroatoms. The molecular formula is C7H12F2O2S. The summed E-state index contributed by atoms with van der Waals surface area (Å²) in [5.74, 6) is -3.90. The van der Waals surface area contributed by atoms with Gasteiger partial charge in [-0.05, 0) is 12.8 Å². The fourth-order valence-electron chi connectivity index (χ4n) is 1.54. The average Bonchev–Trinajstić information content (AvgIpc) is 1.92. The Morgan fingerprint density at radius 2 is 2.17 bits per heavy atom. The lowest BCUT2D eigenvalue weighted by atomic mass is 9.87. The van der Waals surface area contributed by atoms with E-state index < -0.39 is 22.9 Å².